The predicted molar refractivity (Wildman–Crippen MR) is 101 cm³/mol. The second-order valence-corrected chi connectivity index (χ2v) is 9.88. The van der Waals surface area contributed by atoms with Crippen LogP contribution < -0.4 is 10.6 Å². The number of carbonyl (C=O) groups is 1. The van der Waals surface area contributed by atoms with Crippen LogP contribution in [0.15, 0.2) is 28.1 Å². The van der Waals surface area contributed by atoms with Crippen LogP contribution in [0.2, 0.25) is 5.02 Å². The molecule has 144 valence electrons. The first-order valence-corrected chi connectivity index (χ1v) is 10.0. The third-order valence-corrected chi connectivity index (χ3v) is 7.52. The molecule has 2 rings (SSSR count). The van der Waals surface area contributed by atoms with Gasteiger partial charge in [-0.3, -0.25) is 0 Å². The van der Waals surface area contributed by atoms with Crippen LogP contribution in [0, 0.1) is 0 Å². The molecule has 1 atom stereocenters. The Kier molecular flexibility index (Phi) is 6.12. The van der Waals surface area contributed by atoms with E-state index in [2.05, 4.69) is 10.6 Å². The monoisotopic (exact) mass is 422 g/mol. The quantitative estimate of drug-likeness (QED) is 0.544. The van der Waals surface area contributed by atoms with Gasteiger partial charge in [0.15, 0.2) is 15.6 Å². The molecule has 0 heterocycles. The maximum absolute atomic E-state index is 12.7. The SMILES string of the molecule is CC(C)(CO)S(=O)(=O)c1c(Cl)ccc(NC(=O)N[C@@H]2CCC=C2Cl)c1O. The van der Waals surface area contributed by atoms with Crippen LogP contribution in [-0.2, 0) is 9.84 Å². The van der Waals surface area contributed by atoms with E-state index in [9.17, 15) is 23.4 Å². The van der Waals surface area contributed by atoms with Gasteiger partial charge >= 0.3 is 6.03 Å². The van der Waals surface area contributed by atoms with Gasteiger partial charge in [0, 0.05) is 5.03 Å². The first-order chi connectivity index (χ1) is 12.0. The van der Waals surface area contributed by atoms with Gasteiger partial charge in [0.05, 0.1) is 28.1 Å². The van der Waals surface area contributed by atoms with Crippen molar-refractivity contribution >= 4 is 44.8 Å². The largest absolute Gasteiger partial charge is 0.504 e. The number of hydrogen-bond acceptors (Lipinski definition) is 5. The number of sulfone groups is 1. The van der Waals surface area contributed by atoms with Crippen molar-refractivity contribution in [2.24, 2.45) is 0 Å². The van der Waals surface area contributed by atoms with E-state index in [-0.39, 0.29) is 16.8 Å². The lowest BCUT2D eigenvalue weighted by molar-refractivity contribution is 0.249. The minimum Gasteiger partial charge on any atom is -0.504 e. The van der Waals surface area contributed by atoms with Gasteiger partial charge in [-0.2, -0.15) is 0 Å². The summed E-state index contributed by atoms with van der Waals surface area (Å²) in [7, 11) is -4.17. The number of hydrogen-bond donors (Lipinski definition) is 4. The van der Waals surface area contributed by atoms with E-state index in [0.29, 0.717) is 11.5 Å². The standard InChI is InChI=1S/C16H20Cl2N2O5S/c1-16(2,8-21)26(24,25)14-10(18)6-7-12(13(14)22)20-15(23)19-11-5-3-4-9(11)17/h4,6-7,11,21-22H,3,5,8H2,1-2H3,(H2,19,20,23)/t11-/m1/s1. The Labute approximate surface area is 161 Å². The zero-order valence-corrected chi connectivity index (χ0v) is 16.5. The summed E-state index contributed by atoms with van der Waals surface area (Å²) in [4.78, 5) is 11.6. The smallest absolute Gasteiger partial charge is 0.319 e. The molecule has 0 unspecified atom stereocenters. The summed E-state index contributed by atoms with van der Waals surface area (Å²) in [5, 5.41) is 25.1. The van der Waals surface area contributed by atoms with Crippen LogP contribution >= 0.6 is 23.2 Å². The number of phenols is 1. The van der Waals surface area contributed by atoms with E-state index in [1.807, 2.05) is 0 Å². The second-order valence-electron chi connectivity index (χ2n) is 6.51. The van der Waals surface area contributed by atoms with Crippen LogP contribution in [0.1, 0.15) is 26.7 Å². The van der Waals surface area contributed by atoms with Gasteiger partial charge in [-0.1, -0.05) is 29.3 Å². The Balaban J connectivity index is 2.32. The van der Waals surface area contributed by atoms with E-state index < -0.39 is 37.9 Å². The maximum atomic E-state index is 12.7. The number of benzene rings is 1. The molecule has 2 amide bonds. The fraction of sp³-hybridized carbons (Fsp3) is 0.438. The van der Waals surface area contributed by atoms with Gasteiger partial charge in [0.2, 0.25) is 0 Å². The summed E-state index contributed by atoms with van der Waals surface area (Å²) in [5.41, 5.74) is -0.127. The molecule has 0 spiro atoms. The molecule has 0 aromatic heterocycles. The molecular formula is C16H20Cl2N2O5S. The van der Waals surface area contributed by atoms with E-state index in [4.69, 9.17) is 23.2 Å². The van der Waals surface area contributed by atoms with Crippen LogP contribution in [0.5, 0.6) is 5.75 Å². The molecule has 0 saturated heterocycles. The molecule has 1 aromatic carbocycles. The molecule has 0 bridgehead atoms. The lowest BCUT2D eigenvalue weighted by atomic mass is 10.2. The highest BCUT2D eigenvalue weighted by molar-refractivity contribution is 7.93. The van der Waals surface area contributed by atoms with E-state index >= 15 is 0 Å². The predicted octanol–water partition coefficient (Wildman–Crippen LogP) is 3.00. The first kappa shape index (κ1) is 20.8. The number of anilines is 1. The Hall–Kier alpha value is -1.48. The number of rotatable bonds is 5. The average Bonchev–Trinajstić information content (AvgIpc) is 2.94. The number of halogens is 2. The van der Waals surface area contributed by atoms with E-state index in [1.165, 1.54) is 26.0 Å². The fourth-order valence-corrected chi connectivity index (χ4v) is 4.53. The zero-order chi connectivity index (χ0) is 19.7. The number of urea groups is 1. The molecule has 1 aliphatic rings. The molecule has 7 nitrogen and oxygen atoms in total. The van der Waals surface area contributed by atoms with Crippen LogP contribution in [0.25, 0.3) is 0 Å². The number of amides is 2. The number of aliphatic hydroxyl groups is 1. The van der Waals surface area contributed by atoms with Gasteiger partial charge in [-0.15, -0.1) is 0 Å². The van der Waals surface area contributed by atoms with E-state index in [1.54, 1.807) is 6.08 Å². The van der Waals surface area contributed by atoms with Crippen molar-refractivity contribution in [1.29, 1.82) is 0 Å². The Bertz CT molecular complexity index is 852. The first-order valence-electron chi connectivity index (χ1n) is 7.81. The molecule has 0 fully saturated rings. The average molecular weight is 423 g/mol. The second kappa shape index (κ2) is 7.64. The Morgan fingerprint density at radius 1 is 1.35 bits per heavy atom. The van der Waals surface area contributed by atoms with Gasteiger partial charge in [0.25, 0.3) is 0 Å². The molecule has 4 N–H and O–H groups in total. The lowest BCUT2D eigenvalue weighted by Gasteiger charge is -2.24. The summed E-state index contributed by atoms with van der Waals surface area (Å²) >= 11 is 11.9. The van der Waals surface area contributed by atoms with Crippen molar-refractivity contribution in [2.75, 3.05) is 11.9 Å². The van der Waals surface area contributed by atoms with Gasteiger partial charge in [-0.25, -0.2) is 13.2 Å². The summed E-state index contributed by atoms with van der Waals surface area (Å²) in [6, 6.07) is 1.56. The van der Waals surface area contributed by atoms with Crippen molar-refractivity contribution in [3.05, 3.63) is 28.3 Å². The normalized spacial score (nSPS) is 17.7. The minimum absolute atomic E-state index is 0.127. The third-order valence-electron chi connectivity index (χ3n) is 4.14. The third kappa shape index (κ3) is 3.93. The molecule has 0 saturated carbocycles. The zero-order valence-electron chi connectivity index (χ0n) is 14.2. The van der Waals surface area contributed by atoms with Gasteiger partial charge in [-0.05, 0) is 38.8 Å². The van der Waals surface area contributed by atoms with Crippen LogP contribution in [0.4, 0.5) is 10.5 Å². The molecule has 0 radical (unpaired) electrons. The fourth-order valence-electron chi connectivity index (χ4n) is 2.39. The highest BCUT2D eigenvalue weighted by Crippen LogP contribution is 2.41. The number of aliphatic hydroxyl groups excluding tert-OH is 1. The molecular weight excluding hydrogens is 403 g/mol. The number of nitrogens with one attached hydrogen (secondary N) is 2. The molecule has 0 aliphatic heterocycles. The minimum atomic E-state index is -4.17. The Morgan fingerprint density at radius 2 is 2.00 bits per heavy atom. The van der Waals surface area contributed by atoms with Crippen molar-refractivity contribution in [1.82, 2.24) is 5.32 Å². The topological polar surface area (TPSA) is 116 Å². The number of aromatic hydroxyl groups is 1. The van der Waals surface area contributed by atoms with Gasteiger partial charge in [0.1, 0.15) is 4.90 Å². The highest BCUT2D eigenvalue weighted by atomic mass is 35.5. The van der Waals surface area contributed by atoms with Crippen molar-refractivity contribution in [2.45, 2.75) is 42.4 Å². The summed E-state index contributed by atoms with van der Waals surface area (Å²) in [6.45, 7) is 1.94. The van der Waals surface area contributed by atoms with E-state index in [0.717, 1.165) is 6.42 Å². The molecule has 1 aliphatic carbocycles. The van der Waals surface area contributed by atoms with Gasteiger partial charge < -0.3 is 20.8 Å². The van der Waals surface area contributed by atoms with Crippen LogP contribution in [0.3, 0.4) is 0 Å². The Morgan fingerprint density at radius 3 is 2.54 bits per heavy atom. The molecule has 1 aromatic rings. The summed E-state index contributed by atoms with van der Waals surface area (Å²) in [6.07, 6.45) is 3.20. The lowest BCUT2D eigenvalue weighted by Crippen LogP contribution is -2.37. The highest BCUT2D eigenvalue weighted by Gasteiger charge is 2.39. The van der Waals surface area contributed by atoms with Crippen molar-refractivity contribution in [3.63, 3.8) is 0 Å². The van der Waals surface area contributed by atoms with Crippen LogP contribution in [-0.4, -0.2) is 42.1 Å². The summed E-state index contributed by atoms with van der Waals surface area (Å²) in [5.74, 6) is -0.692. The van der Waals surface area contributed by atoms with Crippen molar-refractivity contribution in [3.8, 4) is 5.75 Å². The summed E-state index contributed by atoms with van der Waals surface area (Å²) < 4.78 is 23.9. The maximum Gasteiger partial charge on any atom is 0.319 e. The number of carbonyl (C=O) groups excluding carboxylic acids is 1. The number of phenolic OH excluding ortho intramolecular Hbond substituents is 1. The van der Waals surface area contributed by atoms with Crippen molar-refractivity contribution < 1.29 is 23.4 Å². The number of allylic oxidation sites excluding steroid dienone is 1. The molecule has 10 heteroatoms. The molecule has 26 heavy (non-hydrogen) atoms.